The smallest absolute Gasteiger partial charge is 0.258 e. The molecule has 138 valence electrons. The van der Waals surface area contributed by atoms with Crippen LogP contribution in [-0.2, 0) is 5.75 Å². The predicted octanol–water partition coefficient (Wildman–Crippen LogP) is 4.53. The zero-order chi connectivity index (χ0) is 19.3. The van der Waals surface area contributed by atoms with E-state index in [9.17, 15) is 10.1 Å². The van der Waals surface area contributed by atoms with Crippen LogP contribution in [0.15, 0.2) is 84.1 Å². The molecule has 2 aromatic carbocycles. The van der Waals surface area contributed by atoms with Crippen LogP contribution in [0.4, 0.5) is 5.69 Å². The summed E-state index contributed by atoms with van der Waals surface area (Å²) in [6.07, 6.45) is 3.64. The second kappa shape index (κ2) is 8.01. The summed E-state index contributed by atoms with van der Waals surface area (Å²) in [4.78, 5) is 10.3. The lowest BCUT2D eigenvalue weighted by molar-refractivity contribution is -0.384. The van der Waals surface area contributed by atoms with Crippen LogP contribution >= 0.6 is 11.8 Å². The summed E-state index contributed by atoms with van der Waals surface area (Å²) in [7, 11) is 0. The number of nitro groups is 1. The Labute approximate surface area is 165 Å². The quantitative estimate of drug-likeness (QED) is 0.274. The Kier molecular flexibility index (Phi) is 5.11. The van der Waals surface area contributed by atoms with E-state index >= 15 is 0 Å². The second-order valence-corrected chi connectivity index (χ2v) is 6.96. The van der Waals surface area contributed by atoms with E-state index in [0.29, 0.717) is 5.75 Å². The lowest BCUT2D eigenvalue weighted by Gasteiger charge is -2.05. The molecule has 2 aromatic heterocycles. The van der Waals surface area contributed by atoms with Crippen LogP contribution in [0.5, 0.6) is 0 Å². The number of nitro benzene ring substituents is 1. The zero-order valence-electron chi connectivity index (χ0n) is 14.7. The van der Waals surface area contributed by atoms with Gasteiger partial charge < -0.3 is 0 Å². The molecule has 0 spiro atoms. The third-order valence-electron chi connectivity index (χ3n) is 4.11. The molecule has 0 atom stereocenters. The van der Waals surface area contributed by atoms with Crippen molar-refractivity contribution in [3.05, 3.63) is 94.8 Å². The Bertz CT molecular complexity index is 1060. The molecule has 0 N–H and O–H groups in total. The van der Waals surface area contributed by atoms with E-state index in [0.717, 1.165) is 27.5 Å². The number of rotatable bonds is 6. The normalized spacial score (nSPS) is 10.7. The number of non-ortho nitro benzene ring substituents is 1. The van der Waals surface area contributed by atoms with E-state index in [4.69, 9.17) is 0 Å². The fraction of sp³-hybridized carbons (Fsp3) is 0.0500. The van der Waals surface area contributed by atoms with Gasteiger partial charge in [-0.1, -0.05) is 36.0 Å². The highest BCUT2D eigenvalue weighted by atomic mass is 32.2. The van der Waals surface area contributed by atoms with Crippen LogP contribution in [0.3, 0.4) is 0 Å². The number of benzene rings is 2. The molecule has 0 radical (unpaired) electrons. The first kappa shape index (κ1) is 17.9. The zero-order valence-corrected chi connectivity index (χ0v) is 15.5. The summed E-state index contributed by atoms with van der Waals surface area (Å²) in [5, 5.41) is 24.3. The van der Waals surface area contributed by atoms with E-state index in [-0.39, 0.29) is 5.69 Å². The molecule has 0 amide bonds. The number of hydrogen-bond acceptors (Lipinski definition) is 6. The van der Waals surface area contributed by atoms with Crippen LogP contribution in [0, 0.1) is 10.1 Å². The molecule has 4 rings (SSSR count). The first-order chi connectivity index (χ1) is 13.7. The van der Waals surface area contributed by atoms with E-state index in [1.807, 2.05) is 48.7 Å². The molecule has 0 aliphatic rings. The Morgan fingerprint density at radius 2 is 1.75 bits per heavy atom. The average molecular weight is 389 g/mol. The summed E-state index contributed by atoms with van der Waals surface area (Å²) in [6, 6.07) is 20.2. The minimum absolute atomic E-state index is 0.0940. The van der Waals surface area contributed by atoms with Gasteiger partial charge in [-0.25, -0.2) is 4.68 Å². The molecular formula is C20H15N5O2S. The van der Waals surface area contributed by atoms with Gasteiger partial charge in [-0.3, -0.25) is 10.1 Å². The molecule has 0 fully saturated rings. The molecule has 0 bridgehead atoms. The summed E-state index contributed by atoms with van der Waals surface area (Å²) in [6.45, 7) is 0. The van der Waals surface area contributed by atoms with Crippen molar-refractivity contribution in [3.8, 4) is 16.9 Å². The van der Waals surface area contributed by atoms with Crippen molar-refractivity contribution in [2.45, 2.75) is 10.8 Å². The molecule has 4 aromatic rings. The van der Waals surface area contributed by atoms with Gasteiger partial charge in [0.2, 0.25) is 0 Å². The van der Waals surface area contributed by atoms with Crippen LogP contribution in [0.25, 0.3) is 16.9 Å². The van der Waals surface area contributed by atoms with E-state index in [1.165, 1.54) is 23.9 Å². The van der Waals surface area contributed by atoms with Gasteiger partial charge in [0.1, 0.15) is 5.03 Å². The predicted molar refractivity (Wildman–Crippen MR) is 107 cm³/mol. The monoisotopic (exact) mass is 389 g/mol. The van der Waals surface area contributed by atoms with E-state index in [1.54, 1.807) is 23.0 Å². The molecule has 28 heavy (non-hydrogen) atoms. The minimum Gasteiger partial charge on any atom is -0.258 e. The maximum atomic E-state index is 10.7. The van der Waals surface area contributed by atoms with Gasteiger partial charge in [0, 0.05) is 35.8 Å². The van der Waals surface area contributed by atoms with Crippen molar-refractivity contribution >= 4 is 17.4 Å². The molecule has 2 heterocycles. The summed E-state index contributed by atoms with van der Waals surface area (Å²) in [5.74, 6) is 0.671. The van der Waals surface area contributed by atoms with Gasteiger partial charge in [0.15, 0.2) is 0 Å². The van der Waals surface area contributed by atoms with Gasteiger partial charge in [-0.2, -0.15) is 5.10 Å². The van der Waals surface area contributed by atoms with Crippen LogP contribution < -0.4 is 0 Å². The largest absolute Gasteiger partial charge is 0.269 e. The number of thioether (sulfide) groups is 1. The van der Waals surface area contributed by atoms with Crippen molar-refractivity contribution in [2.24, 2.45) is 0 Å². The molecule has 8 heteroatoms. The SMILES string of the molecule is O=[N+]([O-])c1ccc(CSc2ccc(-c3ccc(-n4cccn4)cc3)nn2)cc1. The lowest BCUT2D eigenvalue weighted by Crippen LogP contribution is -1.94. The maximum absolute atomic E-state index is 10.7. The number of nitrogens with zero attached hydrogens (tertiary/aromatic N) is 5. The van der Waals surface area contributed by atoms with Crippen molar-refractivity contribution in [1.29, 1.82) is 0 Å². The van der Waals surface area contributed by atoms with Crippen LogP contribution in [0.1, 0.15) is 5.56 Å². The highest BCUT2D eigenvalue weighted by molar-refractivity contribution is 7.98. The molecule has 0 aliphatic carbocycles. The molecule has 0 unspecified atom stereocenters. The summed E-state index contributed by atoms with van der Waals surface area (Å²) >= 11 is 1.54. The van der Waals surface area contributed by atoms with Gasteiger partial charge >= 0.3 is 0 Å². The van der Waals surface area contributed by atoms with Gasteiger partial charge in [-0.05, 0) is 35.9 Å². The third kappa shape index (κ3) is 4.07. The fourth-order valence-corrected chi connectivity index (χ4v) is 3.40. The highest BCUT2D eigenvalue weighted by Crippen LogP contribution is 2.24. The Hall–Kier alpha value is -3.52. The molecular weight excluding hydrogens is 374 g/mol. The van der Waals surface area contributed by atoms with Gasteiger partial charge in [0.05, 0.1) is 16.3 Å². The molecule has 0 saturated heterocycles. The van der Waals surface area contributed by atoms with E-state index < -0.39 is 4.92 Å². The topological polar surface area (TPSA) is 86.7 Å². The molecule has 0 aliphatic heterocycles. The number of hydrogen-bond donors (Lipinski definition) is 0. The fourth-order valence-electron chi connectivity index (χ4n) is 2.63. The maximum Gasteiger partial charge on any atom is 0.269 e. The molecule has 0 saturated carbocycles. The van der Waals surface area contributed by atoms with Crippen LogP contribution in [-0.4, -0.2) is 24.9 Å². The minimum atomic E-state index is -0.400. The van der Waals surface area contributed by atoms with Gasteiger partial charge in [-0.15, -0.1) is 10.2 Å². The number of aromatic nitrogens is 4. The van der Waals surface area contributed by atoms with Crippen LogP contribution in [0.2, 0.25) is 0 Å². The van der Waals surface area contributed by atoms with Gasteiger partial charge in [0.25, 0.3) is 5.69 Å². The van der Waals surface area contributed by atoms with E-state index in [2.05, 4.69) is 15.3 Å². The van der Waals surface area contributed by atoms with Crippen molar-refractivity contribution < 1.29 is 4.92 Å². The van der Waals surface area contributed by atoms with Crippen molar-refractivity contribution in [1.82, 2.24) is 20.0 Å². The molecule has 7 nitrogen and oxygen atoms in total. The Morgan fingerprint density at radius 1 is 0.964 bits per heavy atom. The lowest BCUT2D eigenvalue weighted by atomic mass is 10.1. The Morgan fingerprint density at radius 3 is 2.36 bits per heavy atom. The Balaban J connectivity index is 1.40. The first-order valence-corrected chi connectivity index (χ1v) is 9.48. The third-order valence-corrected chi connectivity index (χ3v) is 5.10. The first-order valence-electron chi connectivity index (χ1n) is 8.49. The van der Waals surface area contributed by atoms with Crippen molar-refractivity contribution in [3.63, 3.8) is 0 Å². The average Bonchev–Trinajstić information content (AvgIpc) is 3.28. The summed E-state index contributed by atoms with van der Waals surface area (Å²) in [5.41, 5.74) is 3.85. The standard InChI is InChI=1S/C20H15N5O2S/c26-25(27)18-6-2-15(3-7-18)14-28-20-11-10-19(22-23-20)16-4-8-17(9-5-16)24-13-1-12-21-24/h1-13H,14H2. The second-order valence-electron chi connectivity index (χ2n) is 5.97. The van der Waals surface area contributed by atoms with Crippen molar-refractivity contribution in [2.75, 3.05) is 0 Å². The highest BCUT2D eigenvalue weighted by Gasteiger charge is 2.06. The summed E-state index contributed by atoms with van der Waals surface area (Å²) < 4.78 is 1.80.